The van der Waals surface area contributed by atoms with E-state index in [1.807, 2.05) is 42.5 Å². The van der Waals surface area contributed by atoms with Gasteiger partial charge in [-0.15, -0.1) is 23.5 Å². The number of fused-ring (bicyclic) bond motifs is 1. The second-order valence-corrected chi connectivity index (χ2v) is 19.3. The number of methoxy groups -OCH3 is 2. The number of hydrogen-bond acceptors (Lipinski definition) is 14. The first-order valence-electron chi connectivity index (χ1n) is 20.1. The highest BCUT2D eigenvalue weighted by Gasteiger charge is 2.62. The quantitative estimate of drug-likeness (QED) is 0.0400. The SMILES string of the molecule is [B]OC(=O)[C@@]1(SCCN(C(=O)OC(C)(C)C)C(=O)C(=O)c2cc(OCc3ccc(OC)cc3)c(OCc3ccc(OC)cc3)cc2Cl)CN2C(=O)[C@@H](CC(=O)Cc3ccccc3)[C@H]2S1. The Morgan fingerprint density at radius 3 is 1.98 bits per heavy atom. The van der Waals surface area contributed by atoms with E-state index in [-0.39, 0.29) is 72.1 Å². The van der Waals surface area contributed by atoms with Crippen molar-refractivity contribution in [2.45, 2.75) is 61.9 Å². The Morgan fingerprint density at radius 1 is 0.859 bits per heavy atom. The lowest BCUT2D eigenvalue weighted by atomic mass is 9.90. The summed E-state index contributed by atoms with van der Waals surface area (Å²) in [4.78, 5) is 83.6. The van der Waals surface area contributed by atoms with Gasteiger partial charge in [-0.1, -0.05) is 66.2 Å². The van der Waals surface area contributed by atoms with Gasteiger partial charge in [0.25, 0.3) is 5.78 Å². The lowest BCUT2D eigenvalue weighted by Gasteiger charge is -2.41. The predicted molar refractivity (Wildman–Crippen MR) is 242 cm³/mol. The first-order chi connectivity index (χ1) is 30.5. The van der Waals surface area contributed by atoms with Crippen LogP contribution in [0, 0.1) is 5.92 Å². The molecule has 3 amide bonds. The molecule has 64 heavy (non-hydrogen) atoms. The summed E-state index contributed by atoms with van der Waals surface area (Å²) in [5.41, 5.74) is 1.02. The number of carbonyl (C=O) groups excluding carboxylic acids is 6. The molecule has 2 aliphatic rings. The van der Waals surface area contributed by atoms with Crippen molar-refractivity contribution in [3.8, 4) is 23.0 Å². The molecule has 0 unspecified atom stereocenters. The Balaban J connectivity index is 1.20. The molecule has 3 atom stereocenters. The molecule has 14 nitrogen and oxygen atoms in total. The van der Waals surface area contributed by atoms with E-state index in [1.54, 1.807) is 71.4 Å². The second kappa shape index (κ2) is 20.9. The molecule has 2 heterocycles. The number of halogens is 1. The van der Waals surface area contributed by atoms with Gasteiger partial charge in [0.1, 0.15) is 36.1 Å². The largest absolute Gasteiger partial charge is 0.542 e. The lowest BCUT2D eigenvalue weighted by Crippen LogP contribution is -2.57. The average molecular weight is 929 g/mol. The molecule has 0 N–H and O–H groups in total. The minimum Gasteiger partial charge on any atom is -0.542 e. The fourth-order valence-electron chi connectivity index (χ4n) is 6.87. The van der Waals surface area contributed by atoms with Crippen LogP contribution in [0.15, 0.2) is 91.0 Å². The van der Waals surface area contributed by atoms with Gasteiger partial charge >= 0.3 is 26.0 Å². The highest BCUT2D eigenvalue weighted by molar-refractivity contribution is 8.20. The van der Waals surface area contributed by atoms with Gasteiger partial charge in [-0.3, -0.25) is 24.0 Å². The van der Waals surface area contributed by atoms with E-state index in [4.69, 9.17) is 48.0 Å². The van der Waals surface area contributed by atoms with Crippen molar-refractivity contribution in [1.29, 1.82) is 0 Å². The zero-order valence-corrected chi connectivity index (χ0v) is 38.2. The number of ether oxygens (including phenoxy) is 5. The van der Waals surface area contributed by atoms with Crippen LogP contribution in [0.2, 0.25) is 5.02 Å². The van der Waals surface area contributed by atoms with Gasteiger partial charge in [0.05, 0.1) is 42.6 Å². The van der Waals surface area contributed by atoms with Crippen molar-refractivity contribution in [1.82, 2.24) is 9.80 Å². The molecule has 4 aromatic rings. The maximum atomic E-state index is 14.2. The minimum atomic E-state index is -1.47. The van der Waals surface area contributed by atoms with Gasteiger partial charge in [0.15, 0.2) is 15.6 Å². The fourth-order valence-corrected chi connectivity index (χ4v) is 10.4. The lowest BCUT2D eigenvalue weighted by molar-refractivity contribution is -0.152. The van der Waals surface area contributed by atoms with Crippen LogP contribution in [0.25, 0.3) is 0 Å². The standard InChI is InChI=1S/C46H46BClN2O12S2/c1-45(2,3)61-44(56)49(19-20-63-46(43(55)62-47)27-50-40(53)35(42(50)64-46)22-31(51)21-28-9-7-6-8-10-28)41(54)39(52)34-23-37(59-25-29-11-15-32(57-4)16-12-29)38(24-36(34)48)60-26-30-13-17-33(58-5)18-14-30/h6-18,23-24,35,42H,19-22,25-27H2,1-5H3/t35-,42-,46-/m1/s1. The number of thioether (sulfide) groups is 2. The molecular formula is C46H46BClN2O12S2. The van der Waals surface area contributed by atoms with Crippen molar-refractivity contribution in [2.24, 2.45) is 5.92 Å². The predicted octanol–water partition coefficient (Wildman–Crippen LogP) is 7.25. The van der Waals surface area contributed by atoms with Gasteiger partial charge < -0.3 is 33.2 Å². The van der Waals surface area contributed by atoms with Gasteiger partial charge in [0, 0.05) is 31.2 Å². The molecule has 0 saturated carbocycles. The van der Waals surface area contributed by atoms with Crippen LogP contribution in [-0.2, 0) is 48.2 Å². The number of Topliss-reactive ketones (excluding diaryl/α,β-unsaturated/α-hetero) is 2. The monoisotopic (exact) mass is 928 g/mol. The van der Waals surface area contributed by atoms with E-state index in [0.717, 1.165) is 40.2 Å². The number of nitrogens with zero attached hydrogens (tertiary/aromatic N) is 2. The molecule has 6 rings (SSSR count). The van der Waals surface area contributed by atoms with Crippen molar-refractivity contribution in [2.75, 3.05) is 33.1 Å². The molecular weight excluding hydrogens is 883 g/mol. The molecule has 2 aliphatic heterocycles. The van der Waals surface area contributed by atoms with Gasteiger partial charge in [0.2, 0.25) is 5.91 Å². The molecule has 4 aromatic carbocycles. The van der Waals surface area contributed by atoms with E-state index in [1.165, 1.54) is 17.0 Å². The van der Waals surface area contributed by atoms with Crippen molar-refractivity contribution in [3.63, 3.8) is 0 Å². The zero-order chi connectivity index (χ0) is 46.2. The zero-order valence-electron chi connectivity index (χ0n) is 35.8. The highest BCUT2D eigenvalue weighted by Crippen LogP contribution is 2.55. The Morgan fingerprint density at radius 2 is 1.44 bits per heavy atom. The maximum Gasteiger partial charge on any atom is 0.417 e. The summed E-state index contributed by atoms with van der Waals surface area (Å²) in [5.74, 6) is -2.90. The van der Waals surface area contributed by atoms with Crippen LogP contribution in [-0.4, -0.2) is 101 Å². The Hall–Kier alpha value is -5.65. The minimum absolute atomic E-state index is 0.0179. The molecule has 2 fully saturated rings. The number of rotatable bonds is 19. The Labute approximate surface area is 386 Å². The van der Waals surface area contributed by atoms with Gasteiger partial charge in [-0.2, -0.15) is 0 Å². The smallest absolute Gasteiger partial charge is 0.417 e. The van der Waals surface area contributed by atoms with E-state index < -0.39 is 51.3 Å². The van der Waals surface area contributed by atoms with Crippen LogP contribution >= 0.6 is 35.1 Å². The number of imide groups is 1. The number of β-lactam (4-membered cyclic amide) rings is 1. The van der Waals surface area contributed by atoms with Crippen LogP contribution in [0.4, 0.5) is 4.79 Å². The highest BCUT2D eigenvalue weighted by atomic mass is 35.5. The first-order valence-corrected chi connectivity index (χ1v) is 22.3. The third kappa shape index (κ3) is 11.5. The fraction of sp³-hybridized carbons (Fsp3) is 0.348. The van der Waals surface area contributed by atoms with Crippen molar-refractivity contribution < 1.29 is 57.1 Å². The number of hydrogen-bond donors (Lipinski definition) is 0. The summed E-state index contributed by atoms with van der Waals surface area (Å²) in [5, 5.41) is -0.674. The normalized spacial score (nSPS) is 17.7. The third-order valence-electron chi connectivity index (χ3n) is 10.1. The molecule has 334 valence electrons. The number of carbonyl (C=O) groups is 6. The summed E-state index contributed by atoms with van der Waals surface area (Å²) < 4.78 is 31.5. The van der Waals surface area contributed by atoms with Crippen molar-refractivity contribution >= 4 is 78.6 Å². The van der Waals surface area contributed by atoms with Crippen LogP contribution in [0.5, 0.6) is 23.0 Å². The summed E-state index contributed by atoms with van der Waals surface area (Å²) >= 11 is 8.79. The molecule has 0 aliphatic carbocycles. The second-order valence-electron chi connectivity index (χ2n) is 15.8. The third-order valence-corrected chi connectivity index (χ3v) is 13.7. The first kappa shape index (κ1) is 47.8. The summed E-state index contributed by atoms with van der Waals surface area (Å²) in [6.45, 7) is 4.40. The summed E-state index contributed by atoms with van der Waals surface area (Å²) in [6, 6.07) is 26.1. The molecule has 0 bridgehead atoms. The van der Waals surface area contributed by atoms with E-state index in [0.29, 0.717) is 16.4 Å². The molecule has 0 spiro atoms. The van der Waals surface area contributed by atoms with E-state index in [9.17, 15) is 28.8 Å². The molecule has 18 heteroatoms. The van der Waals surface area contributed by atoms with Crippen molar-refractivity contribution in [3.05, 3.63) is 118 Å². The van der Waals surface area contributed by atoms with E-state index in [2.05, 4.69) is 0 Å². The summed E-state index contributed by atoms with van der Waals surface area (Å²) in [7, 11) is 8.50. The van der Waals surface area contributed by atoms with Gasteiger partial charge in [-0.25, -0.2) is 9.69 Å². The number of benzene rings is 4. The summed E-state index contributed by atoms with van der Waals surface area (Å²) in [6.07, 6.45) is -0.981. The number of ketones is 2. The van der Waals surface area contributed by atoms with E-state index >= 15 is 0 Å². The van der Waals surface area contributed by atoms with Crippen LogP contribution < -0.4 is 18.9 Å². The molecule has 2 saturated heterocycles. The molecule has 2 radical (unpaired) electrons. The van der Waals surface area contributed by atoms with Gasteiger partial charge in [-0.05, 0) is 67.8 Å². The topological polar surface area (TPSA) is 164 Å². The average Bonchev–Trinajstić information content (AvgIpc) is 3.64. The maximum absolute atomic E-state index is 14.2. The van der Waals surface area contributed by atoms with Crippen LogP contribution in [0.1, 0.15) is 54.2 Å². The Kier molecular flexibility index (Phi) is 15.6. The Bertz CT molecular complexity index is 2370. The van der Waals surface area contributed by atoms with Crippen LogP contribution in [0.3, 0.4) is 0 Å². The number of amides is 3. The molecule has 0 aromatic heterocycles.